The third-order valence-electron chi connectivity index (χ3n) is 4.31. The maximum Gasteiger partial charge on any atom is 0.254 e. The van der Waals surface area contributed by atoms with Crippen molar-refractivity contribution in [3.05, 3.63) is 62.6 Å². The van der Waals surface area contributed by atoms with Gasteiger partial charge >= 0.3 is 0 Å². The van der Waals surface area contributed by atoms with Crippen molar-refractivity contribution in [1.82, 2.24) is 4.90 Å². The molecule has 3 rings (SSSR count). The van der Waals surface area contributed by atoms with E-state index in [1.165, 1.54) is 10.4 Å². The molecule has 0 aliphatic carbocycles. The summed E-state index contributed by atoms with van der Waals surface area (Å²) in [7, 11) is 0. The third-order valence-corrected chi connectivity index (χ3v) is 5.55. The van der Waals surface area contributed by atoms with Gasteiger partial charge in [0, 0.05) is 17.0 Å². The van der Waals surface area contributed by atoms with Gasteiger partial charge in [0.25, 0.3) is 5.91 Å². The Morgan fingerprint density at radius 3 is 3.00 bits per heavy atom. The van der Waals surface area contributed by atoms with Crippen molar-refractivity contribution in [2.45, 2.75) is 26.3 Å². The first-order valence-corrected chi connectivity index (χ1v) is 9.43. The summed E-state index contributed by atoms with van der Waals surface area (Å²) in [6.45, 7) is 3.35. The summed E-state index contributed by atoms with van der Waals surface area (Å²) in [5, 5.41) is 2.42. The Hall–Kier alpha value is -1.85. The van der Waals surface area contributed by atoms with Gasteiger partial charge in [-0.3, -0.25) is 4.79 Å². The molecule has 1 aliphatic heterocycles. The minimum absolute atomic E-state index is 0.0367. The van der Waals surface area contributed by atoms with Crippen LogP contribution in [0.2, 0.25) is 5.02 Å². The number of carbonyl (C=O) groups excluding carboxylic acids is 1. The smallest absolute Gasteiger partial charge is 0.254 e. The lowest BCUT2D eigenvalue weighted by atomic mass is 10.1. The van der Waals surface area contributed by atoms with Crippen molar-refractivity contribution in [1.29, 1.82) is 0 Å². The molecule has 1 aliphatic rings. The minimum atomic E-state index is -0.0367. The molecule has 0 radical (unpaired) electrons. The second-order valence-corrected chi connectivity index (χ2v) is 7.31. The van der Waals surface area contributed by atoms with E-state index in [0.717, 1.165) is 6.42 Å². The molecule has 0 saturated heterocycles. The fourth-order valence-corrected chi connectivity index (χ4v) is 3.91. The largest absolute Gasteiger partial charge is 0.488 e. The molecule has 1 aromatic heterocycles. The van der Waals surface area contributed by atoms with Crippen LogP contribution in [0.25, 0.3) is 0 Å². The summed E-state index contributed by atoms with van der Waals surface area (Å²) in [6.07, 6.45) is 2.01. The van der Waals surface area contributed by atoms with E-state index in [0.29, 0.717) is 47.7 Å². The van der Waals surface area contributed by atoms with Crippen LogP contribution in [0.4, 0.5) is 4.39 Å². The van der Waals surface area contributed by atoms with Crippen LogP contribution in [0, 0.1) is 0 Å². The van der Waals surface area contributed by atoms with E-state index in [1.54, 1.807) is 29.5 Å². The molecule has 0 spiro atoms. The number of carbonyl (C=O) groups is 1. The van der Waals surface area contributed by atoms with Crippen molar-refractivity contribution in [3.8, 4) is 5.75 Å². The summed E-state index contributed by atoms with van der Waals surface area (Å²) in [5.41, 5.74) is 2.42. The van der Waals surface area contributed by atoms with Gasteiger partial charge in [-0.2, -0.15) is 0 Å². The quantitative estimate of drug-likeness (QED) is 0.710. The number of thiophene rings is 1. The van der Waals surface area contributed by atoms with Gasteiger partial charge in [-0.25, -0.2) is 4.39 Å². The highest BCUT2D eigenvalue weighted by Gasteiger charge is 2.23. The summed E-state index contributed by atoms with van der Waals surface area (Å²) >= 11 is 7.92. The Bertz CT molecular complexity index is 802. The summed E-state index contributed by atoms with van der Waals surface area (Å²) < 4.78 is 18.1. The third kappa shape index (κ3) is 4.05. The Balaban J connectivity index is 1.69. The van der Waals surface area contributed by atoms with Crippen LogP contribution in [0.5, 0.6) is 5.75 Å². The summed E-state index contributed by atoms with van der Waals surface area (Å²) in [4.78, 5) is 15.8. The lowest BCUT2D eigenvalue weighted by Gasteiger charge is -2.27. The maximum atomic E-state index is 12.7. The van der Waals surface area contributed by atoms with Crippen LogP contribution in [0.15, 0.2) is 41.5 Å². The Morgan fingerprint density at radius 2 is 2.28 bits per heavy atom. The minimum Gasteiger partial charge on any atom is -0.488 e. The number of halogens is 2. The van der Waals surface area contributed by atoms with Crippen molar-refractivity contribution >= 4 is 28.8 Å². The predicted octanol–water partition coefficient (Wildman–Crippen LogP) is 5.24. The zero-order chi connectivity index (χ0) is 17.8. The highest BCUT2D eigenvalue weighted by atomic mass is 35.5. The van der Waals surface area contributed by atoms with E-state index in [1.807, 2.05) is 11.8 Å². The fourth-order valence-electron chi connectivity index (χ4n) is 2.72. The second-order valence-electron chi connectivity index (χ2n) is 5.90. The number of hydrogen-bond acceptors (Lipinski definition) is 3. The number of nitrogens with zero attached hydrogens (tertiary/aromatic N) is 1. The molecule has 3 nitrogen and oxygen atoms in total. The molecule has 2 heterocycles. The van der Waals surface area contributed by atoms with Crippen LogP contribution in [0.3, 0.4) is 0 Å². The molecule has 6 heteroatoms. The average Bonchev–Trinajstić information content (AvgIpc) is 3.10. The molecular formula is C19H19ClFNO2S. The van der Waals surface area contributed by atoms with Crippen LogP contribution in [-0.4, -0.2) is 24.0 Å². The van der Waals surface area contributed by atoms with Crippen molar-refractivity contribution in [3.63, 3.8) is 0 Å². The molecule has 2 aromatic rings. The first-order chi connectivity index (χ1) is 12.1. The van der Waals surface area contributed by atoms with Crippen LogP contribution in [0.1, 0.15) is 34.1 Å². The molecule has 1 amide bonds. The molecule has 0 fully saturated rings. The number of benzene rings is 1. The van der Waals surface area contributed by atoms with Gasteiger partial charge in [0.2, 0.25) is 0 Å². The van der Waals surface area contributed by atoms with Gasteiger partial charge in [-0.1, -0.05) is 18.5 Å². The van der Waals surface area contributed by atoms with Gasteiger partial charge in [0.05, 0.1) is 17.9 Å². The Labute approximate surface area is 155 Å². The van der Waals surface area contributed by atoms with Gasteiger partial charge < -0.3 is 9.64 Å². The van der Waals surface area contributed by atoms with Gasteiger partial charge in [0.1, 0.15) is 12.4 Å². The number of fused-ring (bicyclic) bond motifs is 1. The number of rotatable bonds is 5. The van der Waals surface area contributed by atoms with Crippen LogP contribution in [-0.2, 0) is 13.0 Å². The molecule has 0 unspecified atom stereocenters. The zero-order valence-corrected chi connectivity index (χ0v) is 15.5. The summed E-state index contributed by atoms with van der Waals surface area (Å²) in [5.74, 6) is 0.413. The number of hydrogen-bond donors (Lipinski definition) is 0. The van der Waals surface area contributed by atoms with Crippen molar-refractivity contribution in [2.24, 2.45) is 0 Å². The Morgan fingerprint density at radius 1 is 1.44 bits per heavy atom. The highest BCUT2D eigenvalue weighted by Crippen LogP contribution is 2.29. The monoisotopic (exact) mass is 379 g/mol. The summed E-state index contributed by atoms with van der Waals surface area (Å²) in [6, 6.07) is 7.12. The molecule has 0 N–H and O–H groups in total. The molecule has 25 heavy (non-hydrogen) atoms. The van der Waals surface area contributed by atoms with E-state index in [2.05, 4.69) is 11.4 Å². The first-order valence-electron chi connectivity index (χ1n) is 8.17. The molecule has 0 bridgehead atoms. The normalized spacial score (nSPS) is 14.4. The standard InChI is InChI=1S/C19H19ClFNO2S/c1-2-13(10-21)12-24-17-4-3-15(9-16(17)20)19(23)22-7-5-14-6-8-25-18(14)11-22/h3-4,6,8-10H,2,5,7,11-12H2,1H3. The predicted molar refractivity (Wildman–Crippen MR) is 99.2 cm³/mol. The molecule has 0 saturated carbocycles. The van der Waals surface area contributed by atoms with Gasteiger partial charge in [-0.05, 0) is 53.6 Å². The fraction of sp³-hybridized carbons (Fsp3) is 0.316. The Kier molecular flexibility index (Phi) is 5.76. The van der Waals surface area contributed by atoms with Crippen molar-refractivity contribution in [2.75, 3.05) is 13.2 Å². The van der Waals surface area contributed by atoms with E-state index >= 15 is 0 Å². The van der Waals surface area contributed by atoms with Gasteiger partial charge in [-0.15, -0.1) is 11.3 Å². The lowest BCUT2D eigenvalue weighted by Crippen LogP contribution is -2.35. The van der Waals surface area contributed by atoms with Crippen LogP contribution < -0.4 is 4.74 Å². The van der Waals surface area contributed by atoms with E-state index < -0.39 is 0 Å². The highest BCUT2D eigenvalue weighted by molar-refractivity contribution is 7.10. The first kappa shape index (κ1) is 18.0. The topological polar surface area (TPSA) is 29.5 Å². The molecule has 0 atom stereocenters. The van der Waals surface area contributed by atoms with E-state index in [4.69, 9.17) is 16.3 Å². The number of ether oxygens (including phenoxy) is 1. The average molecular weight is 380 g/mol. The van der Waals surface area contributed by atoms with Crippen LogP contribution >= 0.6 is 22.9 Å². The van der Waals surface area contributed by atoms with E-state index in [9.17, 15) is 9.18 Å². The van der Waals surface area contributed by atoms with Gasteiger partial charge in [0.15, 0.2) is 0 Å². The molecule has 132 valence electrons. The zero-order valence-electron chi connectivity index (χ0n) is 13.9. The van der Waals surface area contributed by atoms with E-state index in [-0.39, 0.29) is 12.5 Å². The molecule has 1 aromatic carbocycles. The second kappa shape index (κ2) is 8.02. The van der Waals surface area contributed by atoms with Crippen molar-refractivity contribution < 1.29 is 13.9 Å². The SMILES string of the molecule is CCC(=CF)COc1ccc(C(=O)N2CCc3ccsc3C2)cc1Cl. The molecular weight excluding hydrogens is 361 g/mol. The number of amides is 1. The lowest BCUT2D eigenvalue weighted by molar-refractivity contribution is 0.0737. The maximum absolute atomic E-state index is 12.7.